The minimum Gasteiger partial charge on any atom is -0.364 e. The Hall–Kier alpha value is -0.610. The number of ether oxygens (including phenoxy) is 1. The number of nitrogens with zero attached hydrogens (tertiary/aromatic N) is 1. The van der Waals surface area contributed by atoms with Crippen LogP contribution in [-0.4, -0.2) is 41.6 Å². The van der Waals surface area contributed by atoms with Crippen LogP contribution in [0.2, 0.25) is 0 Å². The van der Waals surface area contributed by atoms with E-state index in [4.69, 9.17) is 10.5 Å². The summed E-state index contributed by atoms with van der Waals surface area (Å²) < 4.78 is 5.71. The lowest BCUT2D eigenvalue weighted by atomic mass is 10.1. The van der Waals surface area contributed by atoms with Gasteiger partial charge in [-0.25, -0.2) is 0 Å². The number of hydrogen-bond acceptors (Lipinski definition) is 3. The van der Waals surface area contributed by atoms with E-state index in [1.54, 1.807) is 0 Å². The summed E-state index contributed by atoms with van der Waals surface area (Å²) in [6, 6.07) is 0.783. The lowest BCUT2D eigenvalue weighted by molar-refractivity contribution is -0.145. The highest BCUT2D eigenvalue weighted by molar-refractivity contribution is 5.82. The van der Waals surface area contributed by atoms with Gasteiger partial charge in [-0.1, -0.05) is 6.92 Å². The molecular weight excluding hydrogens is 216 g/mol. The lowest BCUT2D eigenvalue weighted by Gasteiger charge is -2.30. The first-order chi connectivity index (χ1) is 8.17. The van der Waals surface area contributed by atoms with Gasteiger partial charge in [0.05, 0.1) is 6.10 Å². The molecule has 4 unspecified atom stereocenters. The van der Waals surface area contributed by atoms with E-state index in [1.165, 1.54) is 0 Å². The molecule has 4 atom stereocenters. The Morgan fingerprint density at radius 3 is 2.71 bits per heavy atom. The number of carbonyl (C=O) groups excluding carboxylic acids is 1. The predicted octanol–water partition coefficient (Wildman–Crippen LogP) is 1.28. The van der Waals surface area contributed by atoms with E-state index >= 15 is 0 Å². The molecule has 2 fully saturated rings. The molecule has 2 aliphatic heterocycles. The highest BCUT2D eigenvalue weighted by atomic mass is 16.5. The molecule has 0 radical (unpaired) electrons. The van der Waals surface area contributed by atoms with Crippen LogP contribution in [0, 0.1) is 0 Å². The van der Waals surface area contributed by atoms with Crippen molar-refractivity contribution in [1.82, 2.24) is 4.90 Å². The number of nitrogens with two attached hydrogens (primary N) is 1. The fourth-order valence-electron chi connectivity index (χ4n) is 3.10. The van der Waals surface area contributed by atoms with Crippen LogP contribution in [0.5, 0.6) is 0 Å². The summed E-state index contributed by atoms with van der Waals surface area (Å²) in [5.41, 5.74) is 5.58. The highest BCUT2D eigenvalue weighted by Gasteiger charge is 2.39. The molecule has 0 aromatic rings. The molecule has 2 N–H and O–H groups in total. The maximum Gasteiger partial charge on any atom is 0.252 e. The summed E-state index contributed by atoms with van der Waals surface area (Å²) in [6.45, 7) is 4.82. The first-order valence-corrected chi connectivity index (χ1v) is 6.85. The number of carbonyl (C=O) groups is 1. The van der Waals surface area contributed by atoms with E-state index in [2.05, 4.69) is 18.7 Å². The Bertz CT molecular complexity index is 283. The standard InChI is InChI=1S/C13H24N2O2/c1-3-10-5-4-9(2)15(10)13(16)12-7-6-11(8-14)17-12/h9-12H,3-8,14H2,1-2H3. The summed E-state index contributed by atoms with van der Waals surface area (Å²) in [5, 5.41) is 0. The molecule has 0 spiro atoms. The zero-order valence-corrected chi connectivity index (χ0v) is 10.9. The third kappa shape index (κ3) is 2.47. The van der Waals surface area contributed by atoms with E-state index < -0.39 is 0 Å². The molecule has 98 valence electrons. The fraction of sp³-hybridized carbons (Fsp3) is 0.923. The van der Waals surface area contributed by atoms with E-state index in [0.717, 1.165) is 32.1 Å². The van der Waals surface area contributed by atoms with Gasteiger partial charge in [-0.15, -0.1) is 0 Å². The normalized spacial score (nSPS) is 37.7. The van der Waals surface area contributed by atoms with Crippen molar-refractivity contribution in [1.29, 1.82) is 0 Å². The molecule has 0 aromatic carbocycles. The van der Waals surface area contributed by atoms with Gasteiger partial charge in [0, 0.05) is 18.6 Å². The molecule has 2 heterocycles. The van der Waals surface area contributed by atoms with Gasteiger partial charge in [0.2, 0.25) is 0 Å². The summed E-state index contributed by atoms with van der Waals surface area (Å²) >= 11 is 0. The molecule has 4 nitrogen and oxygen atoms in total. The van der Waals surface area contributed by atoms with E-state index in [1.807, 2.05) is 0 Å². The van der Waals surface area contributed by atoms with E-state index in [9.17, 15) is 4.79 Å². The molecule has 2 aliphatic rings. The van der Waals surface area contributed by atoms with Crippen LogP contribution in [0.25, 0.3) is 0 Å². The SMILES string of the molecule is CCC1CCC(C)N1C(=O)C1CCC(CN)O1. The Morgan fingerprint density at radius 1 is 1.35 bits per heavy atom. The van der Waals surface area contributed by atoms with Gasteiger partial charge < -0.3 is 15.4 Å². The summed E-state index contributed by atoms with van der Waals surface area (Å²) in [4.78, 5) is 14.5. The Balaban J connectivity index is 1.99. The van der Waals surface area contributed by atoms with Crippen LogP contribution < -0.4 is 5.73 Å². The lowest BCUT2D eigenvalue weighted by Crippen LogP contribution is -2.45. The molecule has 0 aliphatic carbocycles. The van der Waals surface area contributed by atoms with Gasteiger partial charge in [-0.05, 0) is 39.0 Å². The molecule has 2 rings (SSSR count). The van der Waals surface area contributed by atoms with Crippen molar-refractivity contribution in [2.45, 2.75) is 70.2 Å². The molecule has 0 saturated carbocycles. The second-order valence-electron chi connectivity index (χ2n) is 5.29. The fourth-order valence-corrected chi connectivity index (χ4v) is 3.10. The van der Waals surface area contributed by atoms with Crippen LogP contribution in [0.4, 0.5) is 0 Å². The Morgan fingerprint density at radius 2 is 2.12 bits per heavy atom. The Labute approximate surface area is 103 Å². The molecule has 2 saturated heterocycles. The van der Waals surface area contributed by atoms with Crippen LogP contribution >= 0.6 is 0 Å². The first kappa shape index (κ1) is 12.8. The van der Waals surface area contributed by atoms with Crippen LogP contribution in [0.15, 0.2) is 0 Å². The van der Waals surface area contributed by atoms with Crippen LogP contribution in [0.3, 0.4) is 0 Å². The average Bonchev–Trinajstić information content (AvgIpc) is 2.94. The summed E-state index contributed by atoms with van der Waals surface area (Å²) in [7, 11) is 0. The minimum absolute atomic E-state index is 0.0851. The predicted molar refractivity (Wildman–Crippen MR) is 66.6 cm³/mol. The maximum absolute atomic E-state index is 12.4. The molecule has 4 heteroatoms. The van der Waals surface area contributed by atoms with Gasteiger partial charge in [-0.2, -0.15) is 0 Å². The zero-order chi connectivity index (χ0) is 12.4. The number of amides is 1. The van der Waals surface area contributed by atoms with E-state index in [-0.39, 0.29) is 18.1 Å². The van der Waals surface area contributed by atoms with Crippen LogP contribution in [-0.2, 0) is 9.53 Å². The first-order valence-electron chi connectivity index (χ1n) is 6.85. The zero-order valence-electron chi connectivity index (χ0n) is 10.9. The highest BCUT2D eigenvalue weighted by Crippen LogP contribution is 2.30. The second kappa shape index (κ2) is 5.36. The van der Waals surface area contributed by atoms with Gasteiger partial charge in [0.25, 0.3) is 5.91 Å². The Kier molecular flexibility index (Phi) is 4.05. The number of hydrogen-bond donors (Lipinski definition) is 1. The summed E-state index contributed by atoms with van der Waals surface area (Å²) in [5.74, 6) is 0.192. The molecule has 0 aromatic heterocycles. The smallest absolute Gasteiger partial charge is 0.252 e. The molecule has 1 amide bonds. The second-order valence-corrected chi connectivity index (χ2v) is 5.29. The van der Waals surface area contributed by atoms with Gasteiger partial charge in [0.15, 0.2) is 0 Å². The topological polar surface area (TPSA) is 55.6 Å². The van der Waals surface area contributed by atoms with Crippen molar-refractivity contribution < 1.29 is 9.53 Å². The van der Waals surface area contributed by atoms with Crippen molar-refractivity contribution >= 4 is 5.91 Å². The molecular formula is C13H24N2O2. The number of rotatable bonds is 3. The van der Waals surface area contributed by atoms with Gasteiger partial charge in [0.1, 0.15) is 6.10 Å². The molecule has 17 heavy (non-hydrogen) atoms. The van der Waals surface area contributed by atoms with Crippen molar-refractivity contribution in [2.24, 2.45) is 5.73 Å². The largest absolute Gasteiger partial charge is 0.364 e. The van der Waals surface area contributed by atoms with Crippen molar-refractivity contribution in [3.63, 3.8) is 0 Å². The summed E-state index contributed by atoms with van der Waals surface area (Å²) in [6.07, 6.45) is 4.91. The maximum atomic E-state index is 12.4. The third-order valence-corrected chi connectivity index (χ3v) is 4.16. The van der Waals surface area contributed by atoms with Crippen molar-refractivity contribution in [2.75, 3.05) is 6.54 Å². The minimum atomic E-state index is -0.238. The monoisotopic (exact) mass is 240 g/mol. The van der Waals surface area contributed by atoms with E-state index in [0.29, 0.717) is 18.6 Å². The van der Waals surface area contributed by atoms with Crippen LogP contribution in [0.1, 0.15) is 46.0 Å². The quantitative estimate of drug-likeness (QED) is 0.808. The van der Waals surface area contributed by atoms with Crippen molar-refractivity contribution in [3.8, 4) is 0 Å². The average molecular weight is 240 g/mol. The van der Waals surface area contributed by atoms with Gasteiger partial charge >= 0.3 is 0 Å². The molecule has 0 bridgehead atoms. The third-order valence-electron chi connectivity index (χ3n) is 4.16. The van der Waals surface area contributed by atoms with Crippen molar-refractivity contribution in [3.05, 3.63) is 0 Å². The number of likely N-dealkylation sites (tertiary alicyclic amines) is 1. The van der Waals surface area contributed by atoms with Gasteiger partial charge in [-0.3, -0.25) is 4.79 Å².